The van der Waals surface area contributed by atoms with E-state index in [0.717, 1.165) is 36.3 Å². The van der Waals surface area contributed by atoms with Gasteiger partial charge in [0.1, 0.15) is 0 Å². The largest absolute Gasteiger partial charge is 0.541 e. The highest BCUT2D eigenvalue weighted by molar-refractivity contribution is 7.62. The van der Waals surface area contributed by atoms with Gasteiger partial charge in [0.2, 0.25) is 0 Å². The maximum Gasteiger partial charge on any atom is 0.541 e. The highest BCUT2D eigenvalue weighted by Crippen LogP contribution is 2.61. The summed E-state index contributed by atoms with van der Waals surface area (Å²) in [6.07, 6.45) is 6.57. The van der Waals surface area contributed by atoms with Crippen LogP contribution in [0.15, 0.2) is 91.0 Å². The van der Waals surface area contributed by atoms with Crippen molar-refractivity contribution in [3.05, 3.63) is 91.0 Å². The fourth-order valence-electron chi connectivity index (χ4n) is 3.03. The molecule has 0 amide bonds. The normalized spacial score (nSPS) is 11.1. The Morgan fingerprint density at radius 1 is 0.517 bits per heavy atom. The van der Waals surface area contributed by atoms with Crippen molar-refractivity contribution >= 4 is 7.94 Å². The van der Waals surface area contributed by atoms with E-state index in [0.29, 0.717) is 0 Å². The van der Waals surface area contributed by atoms with E-state index in [1.807, 2.05) is 91.0 Å². The van der Waals surface area contributed by atoms with Crippen molar-refractivity contribution in [3.63, 3.8) is 0 Å². The average Bonchev–Trinajstić information content (AvgIpc) is 2.76. The Labute approximate surface area is 175 Å². The first kappa shape index (κ1) is 21.2. The molecular weight excluding hydrogens is 379 g/mol. The van der Waals surface area contributed by atoms with Gasteiger partial charge in [0.25, 0.3) is 0 Å². The molecule has 0 fully saturated rings. The monoisotopic (exact) mass is 409 g/mol. The van der Waals surface area contributed by atoms with Crippen LogP contribution in [0.1, 0.15) is 39.0 Å². The van der Waals surface area contributed by atoms with Crippen molar-refractivity contribution in [1.82, 2.24) is 0 Å². The Bertz CT molecular complexity index is 708. The predicted molar refractivity (Wildman–Crippen MR) is 122 cm³/mol. The maximum absolute atomic E-state index is 6.48. The lowest BCUT2D eigenvalue weighted by Crippen LogP contribution is -2.19. The molecule has 3 rings (SSSR count). The van der Waals surface area contributed by atoms with E-state index in [1.165, 1.54) is 19.3 Å². The van der Waals surface area contributed by atoms with Crippen LogP contribution in [0.25, 0.3) is 0 Å². The second kappa shape index (κ2) is 11.5. The quantitative estimate of drug-likeness (QED) is 0.224. The smallest absolute Gasteiger partial charge is 0.272 e. The summed E-state index contributed by atoms with van der Waals surface area (Å²) in [4.78, 5) is 0. The van der Waals surface area contributed by atoms with Gasteiger partial charge in [-0.2, -0.15) is 0 Å². The van der Waals surface area contributed by atoms with Crippen molar-refractivity contribution in [3.8, 4) is 17.2 Å². The Morgan fingerprint density at radius 3 is 1.28 bits per heavy atom. The molecule has 0 aromatic heterocycles. The first-order chi connectivity index (χ1) is 14.3. The Morgan fingerprint density at radius 2 is 0.897 bits per heavy atom. The highest BCUT2D eigenvalue weighted by atomic mass is 31.2. The summed E-state index contributed by atoms with van der Waals surface area (Å²) in [6.45, 7) is 2.23. The van der Waals surface area contributed by atoms with Gasteiger partial charge >= 0.3 is 7.94 Å². The zero-order valence-electron chi connectivity index (χ0n) is 17.1. The molecule has 0 heterocycles. The first-order valence-electron chi connectivity index (χ1n) is 10.4. The fraction of sp³-hybridized carbons (Fsp3) is 0.280. The van der Waals surface area contributed by atoms with Gasteiger partial charge in [0.05, 0.1) is 0 Å². The summed E-state index contributed by atoms with van der Waals surface area (Å²) in [6, 6.07) is 29.5. The van der Waals surface area contributed by atoms with Crippen LogP contribution in [0.4, 0.5) is 0 Å². The van der Waals surface area contributed by atoms with E-state index in [-0.39, 0.29) is 0 Å². The SMILES string of the molecule is CCCCCCC[P+](Oc1ccccc1)(Oc1ccccc1)Oc1ccccc1. The molecule has 0 atom stereocenters. The van der Waals surface area contributed by atoms with Crippen LogP contribution in [0.5, 0.6) is 17.2 Å². The molecule has 0 aliphatic carbocycles. The van der Waals surface area contributed by atoms with Crippen molar-refractivity contribution in [2.75, 3.05) is 6.16 Å². The van der Waals surface area contributed by atoms with E-state index in [2.05, 4.69) is 6.92 Å². The van der Waals surface area contributed by atoms with Crippen molar-refractivity contribution in [1.29, 1.82) is 0 Å². The predicted octanol–water partition coefficient (Wildman–Crippen LogP) is 7.96. The van der Waals surface area contributed by atoms with Crippen LogP contribution in [0, 0.1) is 0 Å². The molecule has 3 nitrogen and oxygen atoms in total. The number of para-hydroxylation sites is 3. The molecule has 0 radical (unpaired) electrons. The molecule has 0 aliphatic rings. The van der Waals surface area contributed by atoms with E-state index in [1.54, 1.807) is 0 Å². The lowest BCUT2D eigenvalue weighted by molar-refractivity contribution is 0.352. The van der Waals surface area contributed by atoms with Crippen LogP contribution in [-0.2, 0) is 0 Å². The van der Waals surface area contributed by atoms with Gasteiger partial charge < -0.3 is 0 Å². The fourth-order valence-corrected chi connectivity index (χ4v) is 5.35. The minimum atomic E-state index is -2.71. The van der Waals surface area contributed by atoms with Crippen molar-refractivity contribution in [2.45, 2.75) is 39.0 Å². The molecule has 0 saturated carbocycles. The van der Waals surface area contributed by atoms with Gasteiger partial charge in [-0.15, -0.1) is 0 Å². The molecule has 0 aliphatic heterocycles. The van der Waals surface area contributed by atoms with Gasteiger partial charge in [-0.3, -0.25) is 13.6 Å². The Balaban J connectivity index is 1.87. The van der Waals surface area contributed by atoms with E-state index in [9.17, 15) is 0 Å². The van der Waals surface area contributed by atoms with Crippen LogP contribution in [0.2, 0.25) is 0 Å². The third kappa shape index (κ3) is 7.11. The molecule has 0 N–H and O–H groups in total. The number of hydrogen-bond acceptors (Lipinski definition) is 3. The summed E-state index contributed by atoms with van der Waals surface area (Å²) in [5.41, 5.74) is 0. The second-order valence-corrected chi connectivity index (χ2v) is 9.18. The minimum Gasteiger partial charge on any atom is -0.272 e. The van der Waals surface area contributed by atoms with Gasteiger partial charge in [0, 0.05) is 0 Å². The summed E-state index contributed by atoms with van der Waals surface area (Å²) >= 11 is 0. The minimum absolute atomic E-state index is 0.732. The zero-order chi connectivity index (χ0) is 20.2. The average molecular weight is 409 g/mol. The van der Waals surface area contributed by atoms with Crippen molar-refractivity contribution in [2.24, 2.45) is 0 Å². The first-order valence-corrected chi connectivity index (χ1v) is 12.1. The second-order valence-electron chi connectivity index (χ2n) is 6.96. The third-order valence-corrected chi connectivity index (χ3v) is 6.83. The number of benzene rings is 3. The highest BCUT2D eigenvalue weighted by Gasteiger charge is 2.49. The number of hydrogen-bond donors (Lipinski definition) is 0. The van der Waals surface area contributed by atoms with Gasteiger partial charge in [0.15, 0.2) is 23.4 Å². The summed E-state index contributed by atoms with van der Waals surface area (Å²) < 4.78 is 19.4. The van der Waals surface area contributed by atoms with Crippen LogP contribution >= 0.6 is 7.94 Å². The van der Waals surface area contributed by atoms with E-state index in [4.69, 9.17) is 13.6 Å². The number of unbranched alkanes of at least 4 members (excludes halogenated alkanes) is 4. The molecule has 3 aromatic rings. The van der Waals surface area contributed by atoms with Crippen molar-refractivity contribution < 1.29 is 13.6 Å². The molecule has 152 valence electrons. The Kier molecular flexibility index (Phi) is 8.40. The van der Waals surface area contributed by atoms with Crippen LogP contribution in [0.3, 0.4) is 0 Å². The summed E-state index contributed by atoms with van der Waals surface area (Å²) in [5.74, 6) is 2.30. The zero-order valence-corrected chi connectivity index (χ0v) is 18.0. The van der Waals surface area contributed by atoms with Gasteiger partial charge in [-0.05, 0) is 49.2 Å². The van der Waals surface area contributed by atoms with Gasteiger partial charge in [-0.25, -0.2) is 0 Å². The van der Waals surface area contributed by atoms with Crippen LogP contribution < -0.4 is 13.6 Å². The number of rotatable bonds is 12. The molecule has 3 aromatic carbocycles. The van der Waals surface area contributed by atoms with E-state index >= 15 is 0 Å². The summed E-state index contributed by atoms with van der Waals surface area (Å²) in [7, 11) is -2.71. The molecule has 29 heavy (non-hydrogen) atoms. The molecule has 0 saturated heterocycles. The molecular formula is C25H30O3P+. The van der Waals surface area contributed by atoms with Crippen LogP contribution in [-0.4, -0.2) is 6.16 Å². The van der Waals surface area contributed by atoms with E-state index < -0.39 is 7.94 Å². The van der Waals surface area contributed by atoms with Gasteiger partial charge in [-0.1, -0.05) is 80.8 Å². The lowest BCUT2D eigenvalue weighted by atomic mass is 10.2. The molecule has 0 spiro atoms. The molecule has 0 unspecified atom stereocenters. The topological polar surface area (TPSA) is 27.7 Å². The molecule has 4 heteroatoms. The standard InChI is InChI=1S/C25H30O3P/c1-2-3-4-5-15-22-29(26-23-16-9-6-10-17-23,27-24-18-11-7-12-19-24)28-25-20-13-8-14-21-25/h6-14,16-21H,2-5,15,22H2,1H3/q+1. The maximum atomic E-state index is 6.48. The lowest BCUT2D eigenvalue weighted by Gasteiger charge is -2.23. The molecule has 0 bridgehead atoms. The Hall–Kier alpha value is -2.51. The summed E-state index contributed by atoms with van der Waals surface area (Å²) in [5, 5.41) is 0. The third-order valence-electron chi connectivity index (χ3n) is 4.50.